The Kier molecular flexibility index (Phi) is 6.23. The van der Waals surface area contributed by atoms with E-state index in [1.807, 2.05) is 38.5 Å². The van der Waals surface area contributed by atoms with Gasteiger partial charge in [-0.25, -0.2) is 0 Å². The first-order valence-electron chi connectivity index (χ1n) is 8.53. The number of aryl methyl sites for hydroxylation is 1. The van der Waals surface area contributed by atoms with Gasteiger partial charge in [0.15, 0.2) is 11.8 Å². The van der Waals surface area contributed by atoms with Crippen LogP contribution in [0.15, 0.2) is 50.6 Å². The maximum atomic E-state index is 5.28. The third-order valence-electron chi connectivity index (χ3n) is 4.03. The Balaban J connectivity index is 1.53. The second-order valence-electron chi connectivity index (χ2n) is 6.07. The number of hydrogen-bond acceptors (Lipinski definition) is 5. The van der Waals surface area contributed by atoms with Gasteiger partial charge < -0.3 is 19.3 Å². The first kappa shape index (κ1) is 19.1. The van der Waals surface area contributed by atoms with Crippen LogP contribution in [0.3, 0.4) is 0 Å². The monoisotopic (exact) mass is 431 g/mol. The van der Waals surface area contributed by atoms with Crippen molar-refractivity contribution < 1.29 is 4.52 Å². The molecule has 142 valence electrons. The molecule has 27 heavy (non-hydrogen) atoms. The zero-order chi connectivity index (χ0) is 19.2. The molecule has 0 saturated carbocycles. The van der Waals surface area contributed by atoms with Crippen molar-refractivity contribution in [1.29, 1.82) is 0 Å². The Morgan fingerprint density at radius 3 is 2.93 bits per heavy atom. The summed E-state index contributed by atoms with van der Waals surface area (Å²) in [6.07, 6.45) is 4.36. The Labute approximate surface area is 166 Å². The van der Waals surface area contributed by atoms with Crippen molar-refractivity contribution >= 4 is 21.9 Å². The highest BCUT2D eigenvalue weighted by molar-refractivity contribution is 9.10. The molecule has 0 aliphatic carbocycles. The summed E-state index contributed by atoms with van der Waals surface area (Å²) in [5.41, 5.74) is 1.86. The highest BCUT2D eigenvalue weighted by Crippen LogP contribution is 2.15. The zero-order valence-corrected chi connectivity index (χ0v) is 17.1. The normalized spacial score (nSPS) is 11.6. The molecule has 0 aliphatic heterocycles. The number of nitrogens with one attached hydrogen (secondary N) is 1. The van der Waals surface area contributed by atoms with Gasteiger partial charge in [-0.3, -0.25) is 9.98 Å². The van der Waals surface area contributed by atoms with Crippen molar-refractivity contribution in [1.82, 2.24) is 29.9 Å². The fourth-order valence-electron chi connectivity index (χ4n) is 2.66. The van der Waals surface area contributed by atoms with Gasteiger partial charge in [0, 0.05) is 56.7 Å². The molecule has 0 radical (unpaired) electrons. The van der Waals surface area contributed by atoms with E-state index in [1.54, 1.807) is 13.2 Å². The minimum atomic E-state index is 0.432. The van der Waals surface area contributed by atoms with Gasteiger partial charge >= 0.3 is 0 Å². The first-order valence-corrected chi connectivity index (χ1v) is 9.32. The molecule has 0 fully saturated rings. The minimum Gasteiger partial charge on any atom is -0.356 e. The van der Waals surface area contributed by atoms with Gasteiger partial charge in [-0.05, 0) is 34.1 Å². The maximum Gasteiger partial charge on any atom is 0.276 e. The van der Waals surface area contributed by atoms with Crippen LogP contribution < -0.4 is 5.32 Å². The molecule has 0 aromatic carbocycles. The van der Waals surface area contributed by atoms with Crippen LogP contribution in [0.25, 0.3) is 11.6 Å². The Bertz CT molecular complexity index is 904. The summed E-state index contributed by atoms with van der Waals surface area (Å²) in [5.74, 6) is 1.87. The molecule has 0 amide bonds. The summed E-state index contributed by atoms with van der Waals surface area (Å²) in [6, 6.07) is 7.68. The Hall–Kier alpha value is -2.68. The zero-order valence-electron chi connectivity index (χ0n) is 15.6. The summed E-state index contributed by atoms with van der Waals surface area (Å²) >= 11 is 3.50. The van der Waals surface area contributed by atoms with Crippen molar-refractivity contribution in [2.45, 2.75) is 13.0 Å². The van der Waals surface area contributed by atoms with Gasteiger partial charge in [-0.2, -0.15) is 4.98 Å². The van der Waals surface area contributed by atoms with E-state index in [0.29, 0.717) is 30.4 Å². The van der Waals surface area contributed by atoms with Crippen molar-refractivity contribution in [3.63, 3.8) is 0 Å². The number of aromatic nitrogens is 4. The molecule has 1 N–H and O–H groups in total. The van der Waals surface area contributed by atoms with Gasteiger partial charge in [0.25, 0.3) is 5.89 Å². The van der Waals surface area contributed by atoms with Crippen LogP contribution in [-0.2, 0) is 20.0 Å². The third-order valence-corrected chi connectivity index (χ3v) is 4.46. The summed E-state index contributed by atoms with van der Waals surface area (Å²) in [4.78, 5) is 15.0. The molecule has 0 bridgehead atoms. The molecule has 0 saturated heterocycles. The number of halogens is 1. The molecule has 0 atom stereocenters. The predicted octanol–water partition coefficient (Wildman–Crippen LogP) is 2.48. The molecular weight excluding hydrogens is 410 g/mol. The summed E-state index contributed by atoms with van der Waals surface area (Å²) < 4.78 is 8.43. The summed E-state index contributed by atoms with van der Waals surface area (Å²) in [5, 5.41) is 7.34. The maximum absolute atomic E-state index is 5.28. The predicted molar refractivity (Wildman–Crippen MR) is 107 cm³/mol. The summed E-state index contributed by atoms with van der Waals surface area (Å²) in [7, 11) is 5.80. The second-order valence-corrected chi connectivity index (χ2v) is 6.99. The van der Waals surface area contributed by atoms with Crippen LogP contribution in [0.4, 0.5) is 0 Å². The van der Waals surface area contributed by atoms with E-state index in [1.165, 1.54) is 5.69 Å². The van der Waals surface area contributed by atoms with E-state index >= 15 is 0 Å². The lowest BCUT2D eigenvalue weighted by Crippen LogP contribution is -2.39. The molecule has 0 spiro atoms. The topological polar surface area (TPSA) is 84.4 Å². The van der Waals surface area contributed by atoms with Gasteiger partial charge in [-0.1, -0.05) is 11.2 Å². The number of nitrogens with zero attached hydrogens (tertiary/aromatic N) is 6. The van der Waals surface area contributed by atoms with E-state index in [9.17, 15) is 0 Å². The van der Waals surface area contributed by atoms with Crippen LogP contribution in [0.5, 0.6) is 0 Å². The van der Waals surface area contributed by atoms with E-state index in [0.717, 1.165) is 17.0 Å². The molecule has 3 rings (SSSR count). The van der Waals surface area contributed by atoms with Crippen molar-refractivity contribution in [2.75, 3.05) is 20.6 Å². The van der Waals surface area contributed by atoms with Crippen molar-refractivity contribution in [2.24, 2.45) is 12.0 Å². The molecule has 3 aromatic heterocycles. The number of guanidine groups is 1. The third kappa shape index (κ3) is 4.94. The van der Waals surface area contributed by atoms with Crippen LogP contribution in [0.1, 0.15) is 11.5 Å². The summed E-state index contributed by atoms with van der Waals surface area (Å²) in [6.45, 7) is 1.39. The Morgan fingerprint density at radius 2 is 2.26 bits per heavy atom. The number of rotatable bonds is 6. The van der Waals surface area contributed by atoms with Gasteiger partial charge in [0.1, 0.15) is 5.69 Å². The van der Waals surface area contributed by atoms with E-state index in [2.05, 4.69) is 56.9 Å². The average molecular weight is 432 g/mol. The van der Waals surface area contributed by atoms with E-state index in [4.69, 9.17) is 4.52 Å². The van der Waals surface area contributed by atoms with Crippen LogP contribution in [-0.4, -0.2) is 51.2 Å². The van der Waals surface area contributed by atoms with E-state index < -0.39 is 0 Å². The van der Waals surface area contributed by atoms with Crippen LogP contribution in [0, 0.1) is 0 Å². The molecule has 3 aromatic rings. The number of aliphatic imine (C=N–C) groups is 1. The molecular formula is C18H22BrN7O. The lowest BCUT2D eigenvalue weighted by atomic mass is 10.3. The van der Waals surface area contributed by atoms with Gasteiger partial charge in [-0.15, -0.1) is 0 Å². The smallest absolute Gasteiger partial charge is 0.276 e. The van der Waals surface area contributed by atoms with Crippen LogP contribution in [0.2, 0.25) is 0 Å². The number of hydrogen-bond donors (Lipinski definition) is 1. The fraction of sp³-hybridized carbons (Fsp3) is 0.333. The SMILES string of the molecule is CN=C(NCCc1noc(-c2ccccn2)n1)N(C)Cc1cc(Br)cn1C. The molecule has 3 heterocycles. The number of pyridine rings is 1. The average Bonchev–Trinajstić information content (AvgIpc) is 3.26. The molecule has 8 nitrogen and oxygen atoms in total. The fourth-order valence-corrected chi connectivity index (χ4v) is 3.23. The second kappa shape index (κ2) is 8.81. The van der Waals surface area contributed by atoms with E-state index in [-0.39, 0.29) is 0 Å². The highest BCUT2D eigenvalue weighted by Gasteiger charge is 2.12. The highest BCUT2D eigenvalue weighted by atomic mass is 79.9. The van der Waals surface area contributed by atoms with Crippen molar-refractivity contribution in [3.05, 3.63) is 52.7 Å². The lowest BCUT2D eigenvalue weighted by Gasteiger charge is -2.22. The molecule has 0 aliphatic rings. The quantitative estimate of drug-likeness (QED) is 0.476. The molecule has 0 unspecified atom stereocenters. The first-order chi connectivity index (χ1) is 13.1. The van der Waals surface area contributed by atoms with Crippen LogP contribution >= 0.6 is 15.9 Å². The standard InChI is InChI=1S/C18H22BrN7O/c1-20-18(26(3)12-14-10-13(19)11-25(14)2)22-9-7-16-23-17(27-24-16)15-6-4-5-8-21-15/h4-6,8,10-11H,7,9,12H2,1-3H3,(H,20,22). The van der Waals surface area contributed by atoms with Gasteiger partial charge in [0.2, 0.25) is 0 Å². The lowest BCUT2D eigenvalue weighted by molar-refractivity contribution is 0.420. The minimum absolute atomic E-state index is 0.432. The van der Waals surface area contributed by atoms with Crippen molar-refractivity contribution in [3.8, 4) is 11.6 Å². The molecule has 9 heteroatoms. The largest absolute Gasteiger partial charge is 0.356 e. The van der Waals surface area contributed by atoms with Gasteiger partial charge in [0.05, 0.1) is 6.54 Å². The Morgan fingerprint density at radius 1 is 1.41 bits per heavy atom.